The van der Waals surface area contributed by atoms with Gasteiger partial charge in [0.15, 0.2) is 0 Å². The number of fused-ring (bicyclic) bond motifs is 1. The van der Waals surface area contributed by atoms with E-state index in [9.17, 15) is 14.0 Å². The van der Waals surface area contributed by atoms with Crippen molar-refractivity contribution < 1.29 is 9.18 Å². The summed E-state index contributed by atoms with van der Waals surface area (Å²) in [4.78, 5) is 34.2. The normalized spacial score (nSPS) is 14.8. The molecule has 0 unspecified atom stereocenters. The van der Waals surface area contributed by atoms with E-state index >= 15 is 0 Å². The lowest BCUT2D eigenvalue weighted by Gasteiger charge is -2.34. The molecule has 0 aliphatic carbocycles. The molecule has 0 N–H and O–H groups in total. The minimum atomic E-state index is -0.356. The topological polar surface area (TPSA) is 70.8 Å². The molecule has 2 aromatic heterocycles. The van der Waals surface area contributed by atoms with Crippen molar-refractivity contribution in [1.82, 2.24) is 24.4 Å². The van der Waals surface area contributed by atoms with Gasteiger partial charge in [-0.1, -0.05) is 53.8 Å². The van der Waals surface area contributed by atoms with E-state index in [-0.39, 0.29) is 17.3 Å². The van der Waals surface area contributed by atoms with Crippen molar-refractivity contribution in [1.29, 1.82) is 0 Å². The Kier molecular flexibility index (Phi) is 6.29. The van der Waals surface area contributed by atoms with Crippen LogP contribution in [0.25, 0.3) is 21.6 Å². The summed E-state index contributed by atoms with van der Waals surface area (Å²) in [5, 5.41) is 4.85. The molecule has 2 aromatic carbocycles. The molecular formula is C25H22FN5O2S. The van der Waals surface area contributed by atoms with Crippen LogP contribution < -0.4 is 5.56 Å². The highest BCUT2D eigenvalue weighted by molar-refractivity contribution is 7.19. The molecule has 34 heavy (non-hydrogen) atoms. The minimum absolute atomic E-state index is 0.00386. The number of hydrogen-bond donors (Lipinski definition) is 0. The van der Waals surface area contributed by atoms with Gasteiger partial charge in [0, 0.05) is 50.4 Å². The van der Waals surface area contributed by atoms with Crippen molar-refractivity contribution in [3.63, 3.8) is 0 Å². The molecule has 0 bridgehead atoms. The molecule has 9 heteroatoms. The van der Waals surface area contributed by atoms with Gasteiger partial charge in [-0.2, -0.15) is 9.61 Å². The number of halogens is 1. The Morgan fingerprint density at radius 2 is 1.82 bits per heavy atom. The summed E-state index contributed by atoms with van der Waals surface area (Å²) < 4.78 is 14.8. The van der Waals surface area contributed by atoms with Gasteiger partial charge >= 0.3 is 0 Å². The van der Waals surface area contributed by atoms with E-state index in [1.54, 1.807) is 18.2 Å². The first-order valence-corrected chi connectivity index (χ1v) is 11.8. The van der Waals surface area contributed by atoms with E-state index in [0.29, 0.717) is 53.9 Å². The average molecular weight is 476 g/mol. The van der Waals surface area contributed by atoms with E-state index in [0.717, 1.165) is 5.56 Å². The second-order valence-electron chi connectivity index (χ2n) is 8.04. The molecule has 4 aromatic rings. The van der Waals surface area contributed by atoms with Crippen LogP contribution >= 0.6 is 11.3 Å². The number of carbonyl (C=O) groups is 1. The summed E-state index contributed by atoms with van der Waals surface area (Å²) in [5.41, 5.74) is 1.99. The Balaban J connectivity index is 1.23. The summed E-state index contributed by atoms with van der Waals surface area (Å²) >= 11 is 1.25. The van der Waals surface area contributed by atoms with E-state index in [1.807, 2.05) is 41.3 Å². The Bertz CT molecular complexity index is 1410. The molecule has 7 nitrogen and oxygen atoms in total. The number of piperazine rings is 1. The van der Waals surface area contributed by atoms with Crippen LogP contribution in [0.5, 0.6) is 0 Å². The van der Waals surface area contributed by atoms with Gasteiger partial charge in [-0.15, -0.1) is 0 Å². The van der Waals surface area contributed by atoms with Crippen molar-refractivity contribution in [2.45, 2.75) is 6.54 Å². The van der Waals surface area contributed by atoms with E-state index in [4.69, 9.17) is 0 Å². The number of rotatable bonds is 5. The van der Waals surface area contributed by atoms with Crippen LogP contribution in [0.15, 0.2) is 71.5 Å². The zero-order valence-corrected chi connectivity index (χ0v) is 19.1. The average Bonchev–Trinajstić information content (AvgIpc) is 3.29. The van der Waals surface area contributed by atoms with Crippen LogP contribution in [0.1, 0.15) is 11.3 Å². The fourth-order valence-corrected chi connectivity index (χ4v) is 4.79. The molecule has 0 atom stereocenters. The predicted octanol–water partition coefficient (Wildman–Crippen LogP) is 3.31. The highest BCUT2D eigenvalue weighted by atomic mass is 32.1. The lowest BCUT2D eigenvalue weighted by atomic mass is 10.2. The monoisotopic (exact) mass is 475 g/mol. The minimum Gasteiger partial charge on any atom is -0.337 e. The summed E-state index contributed by atoms with van der Waals surface area (Å²) in [5.74, 6) is -0.359. The van der Waals surface area contributed by atoms with Gasteiger partial charge in [0.1, 0.15) is 10.8 Å². The first kappa shape index (κ1) is 22.1. The molecule has 1 saturated heterocycles. The number of hydrogen-bond acceptors (Lipinski definition) is 6. The zero-order chi connectivity index (χ0) is 23.5. The maximum atomic E-state index is 13.6. The van der Waals surface area contributed by atoms with Crippen LogP contribution in [0, 0.1) is 5.82 Å². The fraction of sp³-hybridized carbons (Fsp3) is 0.200. The van der Waals surface area contributed by atoms with E-state index in [1.165, 1.54) is 34.1 Å². The van der Waals surface area contributed by atoms with Gasteiger partial charge < -0.3 is 4.90 Å². The fourth-order valence-electron chi connectivity index (χ4n) is 3.87. The first-order chi connectivity index (χ1) is 16.5. The number of amides is 1. The molecule has 1 aliphatic heterocycles. The second-order valence-corrected chi connectivity index (χ2v) is 9.00. The molecule has 172 valence electrons. The lowest BCUT2D eigenvalue weighted by Crippen LogP contribution is -2.48. The molecule has 1 fully saturated rings. The van der Waals surface area contributed by atoms with Gasteiger partial charge in [0.05, 0.1) is 5.69 Å². The zero-order valence-electron chi connectivity index (χ0n) is 18.3. The van der Waals surface area contributed by atoms with Crippen molar-refractivity contribution >= 4 is 28.3 Å². The van der Waals surface area contributed by atoms with E-state index in [2.05, 4.69) is 15.0 Å². The van der Waals surface area contributed by atoms with Gasteiger partial charge in [0.2, 0.25) is 10.9 Å². The van der Waals surface area contributed by atoms with Crippen LogP contribution in [-0.2, 0) is 11.3 Å². The van der Waals surface area contributed by atoms with Crippen molar-refractivity contribution in [3.05, 3.63) is 94.2 Å². The third-order valence-corrected chi connectivity index (χ3v) is 6.61. The van der Waals surface area contributed by atoms with E-state index < -0.39 is 0 Å². The number of nitrogens with zero attached hydrogens (tertiary/aromatic N) is 5. The number of carbonyl (C=O) groups excluding carboxylic acids is 1. The van der Waals surface area contributed by atoms with Crippen LogP contribution in [-0.4, -0.2) is 56.5 Å². The summed E-state index contributed by atoms with van der Waals surface area (Å²) in [7, 11) is 0. The standard InChI is InChI=1S/C25H22FN5O2S/c26-20-8-4-7-19(15-20)24-28-31-23(33)16-21(27-25(31)34-24)17-29-11-13-30(14-12-29)22(32)10-9-18-5-2-1-3-6-18/h1-10,15-16H,11-14,17H2/b10-9+. The molecule has 0 saturated carbocycles. The summed E-state index contributed by atoms with van der Waals surface area (Å²) in [6.07, 6.45) is 3.44. The molecule has 0 radical (unpaired) electrons. The largest absolute Gasteiger partial charge is 0.337 e. The predicted molar refractivity (Wildman–Crippen MR) is 130 cm³/mol. The second kappa shape index (κ2) is 9.66. The summed E-state index contributed by atoms with van der Waals surface area (Å²) in [6.45, 7) is 3.14. The Morgan fingerprint density at radius 3 is 2.59 bits per heavy atom. The van der Waals surface area contributed by atoms with Crippen molar-refractivity contribution in [3.8, 4) is 10.6 Å². The maximum absolute atomic E-state index is 13.6. The molecule has 3 heterocycles. The smallest absolute Gasteiger partial charge is 0.275 e. The Morgan fingerprint density at radius 1 is 1.03 bits per heavy atom. The summed E-state index contributed by atoms with van der Waals surface area (Å²) in [6, 6.07) is 17.3. The maximum Gasteiger partial charge on any atom is 0.275 e. The first-order valence-electron chi connectivity index (χ1n) is 11.0. The van der Waals surface area contributed by atoms with Crippen molar-refractivity contribution in [2.24, 2.45) is 0 Å². The van der Waals surface area contributed by atoms with Gasteiger partial charge in [-0.3, -0.25) is 14.5 Å². The number of aromatic nitrogens is 3. The lowest BCUT2D eigenvalue weighted by molar-refractivity contribution is -0.127. The third-order valence-electron chi connectivity index (χ3n) is 5.66. The molecular weight excluding hydrogens is 453 g/mol. The van der Waals surface area contributed by atoms with Crippen LogP contribution in [0.3, 0.4) is 0 Å². The van der Waals surface area contributed by atoms with Crippen molar-refractivity contribution in [2.75, 3.05) is 26.2 Å². The molecule has 5 rings (SSSR count). The SMILES string of the molecule is O=C(/C=C/c1ccccc1)N1CCN(Cc2cc(=O)n3nc(-c4cccc(F)c4)sc3n2)CC1. The Hall–Kier alpha value is -3.69. The molecule has 0 spiro atoms. The highest BCUT2D eigenvalue weighted by Crippen LogP contribution is 2.25. The number of benzene rings is 2. The van der Waals surface area contributed by atoms with Gasteiger partial charge in [0.25, 0.3) is 5.56 Å². The third kappa shape index (κ3) is 4.95. The van der Waals surface area contributed by atoms with Crippen LogP contribution in [0.4, 0.5) is 4.39 Å². The molecule has 1 amide bonds. The Labute approximate surface area is 199 Å². The van der Waals surface area contributed by atoms with Gasteiger partial charge in [-0.05, 0) is 23.8 Å². The van der Waals surface area contributed by atoms with Crippen LogP contribution in [0.2, 0.25) is 0 Å². The highest BCUT2D eigenvalue weighted by Gasteiger charge is 2.21. The molecule has 1 aliphatic rings. The quantitative estimate of drug-likeness (QED) is 0.414. The van der Waals surface area contributed by atoms with Gasteiger partial charge in [-0.25, -0.2) is 9.37 Å².